The van der Waals surface area contributed by atoms with Gasteiger partial charge in [0.15, 0.2) is 0 Å². The summed E-state index contributed by atoms with van der Waals surface area (Å²) < 4.78 is 2.18. The fourth-order valence-corrected chi connectivity index (χ4v) is 2.90. The second-order valence-corrected chi connectivity index (χ2v) is 6.33. The summed E-state index contributed by atoms with van der Waals surface area (Å²) in [5.41, 5.74) is 1.25. The van der Waals surface area contributed by atoms with E-state index in [2.05, 4.69) is 23.7 Å². The summed E-state index contributed by atoms with van der Waals surface area (Å²) in [4.78, 5) is 3.91. The fraction of sp³-hybridized carbons (Fsp3) is 0. The smallest absolute Gasteiger partial charge is 0.145 e. The predicted molar refractivity (Wildman–Crippen MR) is 93.1 cm³/mol. The van der Waals surface area contributed by atoms with Gasteiger partial charge in [0.2, 0.25) is 0 Å². The van der Waals surface area contributed by atoms with Crippen molar-refractivity contribution in [2.45, 2.75) is 0 Å². The van der Waals surface area contributed by atoms with Gasteiger partial charge < -0.3 is 0 Å². The molecular formula is C14H9Cl2N3S2. The Bertz CT molecular complexity index is 731. The minimum Gasteiger partial charge on any atom is -0.296 e. The molecular weight excluding hydrogens is 345 g/mol. The first-order valence-corrected chi connectivity index (χ1v) is 7.80. The lowest BCUT2D eigenvalue weighted by Gasteiger charge is -2.02. The molecule has 0 saturated carbocycles. The summed E-state index contributed by atoms with van der Waals surface area (Å²) in [5, 5.41) is 12.1. The Morgan fingerprint density at radius 1 is 1.43 bits per heavy atom. The van der Waals surface area contributed by atoms with Crippen LogP contribution in [-0.2, 0) is 0 Å². The third-order valence-corrected chi connectivity index (χ3v) is 4.24. The Morgan fingerprint density at radius 3 is 2.86 bits per heavy atom. The molecule has 0 amide bonds. The van der Waals surface area contributed by atoms with Crippen LogP contribution in [0.2, 0.25) is 10.0 Å². The highest BCUT2D eigenvalue weighted by Crippen LogP contribution is 2.29. The molecule has 0 saturated heterocycles. The maximum atomic E-state index is 9.18. The molecule has 3 nitrogen and oxygen atoms in total. The first-order chi connectivity index (χ1) is 10.1. The van der Waals surface area contributed by atoms with E-state index in [4.69, 9.17) is 23.2 Å². The molecule has 0 aliphatic heterocycles. The molecule has 7 heteroatoms. The minimum atomic E-state index is 0.410. The number of thiol groups is 1. The zero-order valence-corrected chi connectivity index (χ0v) is 13.8. The monoisotopic (exact) mass is 353 g/mol. The van der Waals surface area contributed by atoms with E-state index in [1.54, 1.807) is 35.4 Å². The van der Waals surface area contributed by atoms with E-state index in [1.165, 1.54) is 11.8 Å². The summed E-state index contributed by atoms with van der Waals surface area (Å²) in [6, 6.07) is 7.37. The van der Waals surface area contributed by atoms with Crippen LogP contribution in [0.5, 0.6) is 0 Å². The number of hydrogen-bond donors (Lipinski definition) is 1. The summed E-state index contributed by atoms with van der Waals surface area (Å²) in [6.07, 6.45) is 6.68. The van der Waals surface area contributed by atoms with E-state index in [-0.39, 0.29) is 0 Å². The third-order valence-electron chi connectivity index (χ3n) is 2.46. The second-order valence-electron chi connectivity index (χ2n) is 3.82. The van der Waals surface area contributed by atoms with E-state index in [9.17, 15) is 5.26 Å². The van der Waals surface area contributed by atoms with Crippen LogP contribution in [0, 0.1) is 11.3 Å². The zero-order valence-electron chi connectivity index (χ0n) is 10.6. The van der Waals surface area contributed by atoms with Crippen LogP contribution < -0.4 is 0 Å². The molecule has 1 aromatic heterocycles. The SMILES string of the molecule is N#C/C(=C(\S)S/C=C/c1ccc(Cl)cc1Cl)n1ccnc1. The van der Waals surface area contributed by atoms with Crippen LogP contribution in [0.4, 0.5) is 0 Å². The van der Waals surface area contributed by atoms with Gasteiger partial charge in [0, 0.05) is 22.4 Å². The number of imidazole rings is 1. The van der Waals surface area contributed by atoms with Crippen molar-refractivity contribution in [3.05, 3.63) is 62.2 Å². The number of rotatable bonds is 4. The Balaban J connectivity index is 2.15. The van der Waals surface area contributed by atoms with E-state index in [1.807, 2.05) is 17.6 Å². The molecule has 21 heavy (non-hydrogen) atoms. The topological polar surface area (TPSA) is 41.6 Å². The minimum absolute atomic E-state index is 0.410. The highest BCUT2D eigenvalue weighted by Gasteiger charge is 2.04. The zero-order chi connectivity index (χ0) is 15.2. The Labute approximate surface area is 142 Å². The number of halogens is 2. The molecule has 2 aromatic rings. The molecule has 0 aliphatic carbocycles. The quantitative estimate of drug-likeness (QED) is 0.608. The van der Waals surface area contributed by atoms with Crippen LogP contribution in [0.1, 0.15) is 5.56 Å². The maximum absolute atomic E-state index is 9.18. The lowest BCUT2D eigenvalue weighted by Crippen LogP contribution is -1.91. The summed E-state index contributed by atoms with van der Waals surface area (Å²) in [5.74, 6) is 0. The largest absolute Gasteiger partial charge is 0.296 e. The lowest BCUT2D eigenvalue weighted by molar-refractivity contribution is 1.10. The number of benzene rings is 1. The van der Waals surface area contributed by atoms with E-state index in [0.29, 0.717) is 20.0 Å². The van der Waals surface area contributed by atoms with Crippen molar-refractivity contribution in [1.29, 1.82) is 5.26 Å². The van der Waals surface area contributed by atoms with Gasteiger partial charge in [0.1, 0.15) is 11.8 Å². The summed E-state index contributed by atoms with van der Waals surface area (Å²) in [7, 11) is 0. The summed E-state index contributed by atoms with van der Waals surface area (Å²) >= 11 is 17.6. The highest BCUT2D eigenvalue weighted by molar-refractivity contribution is 8.17. The lowest BCUT2D eigenvalue weighted by atomic mass is 10.2. The van der Waals surface area contributed by atoms with Crippen molar-refractivity contribution in [1.82, 2.24) is 9.55 Å². The van der Waals surface area contributed by atoms with Gasteiger partial charge >= 0.3 is 0 Å². The molecule has 0 fully saturated rings. The van der Waals surface area contributed by atoms with Crippen molar-refractivity contribution < 1.29 is 0 Å². The van der Waals surface area contributed by atoms with Gasteiger partial charge in [-0.05, 0) is 29.2 Å². The normalized spacial score (nSPS) is 12.3. The van der Waals surface area contributed by atoms with Crippen molar-refractivity contribution >= 4 is 59.4 Å². The van der Waals surface area contributed by atoms with E-state index < -0.39 is 0 Å². The van der Waals surface area contributed by atoms with Gasteiger partial charge in [0.05, 0.1) is 10.6 Å². The van der Waals surface area contributed by atoms with Crippen LogP contribution in [0.15, 0.2) is 46.6 Å². The molecule has 0 N–H and O–H groups in total. The van der Waals surface area contributed by atoms with Crippen molar-refractivity contribution in [2.24, 2.45) is 0 Å². The molecule has 0 spiro atoms. The summed E-state index contributed by atoms with van der Waals surface area (Å²) in [6.45, 7) is 0. The van der Waals surface area contributed by atoms with E-state index in [0.717, 1.165) is 5.56 Å². The molecule has 106 valence electrons. The average Bonchev–Trinajstić information content (AvgIpc) is 2.96. The highest BCUT2D eigenvalue weighted by atomic mass is 35.5. The van der Waals surface area contributed by atoms with E-state index >= 15 is 0 Å². The van der Waals surface area contributed by atoms with Gasteiger partial charge in [-0.15, -0.1) is 12.6 Å². The predicted octanol–water partition coefficient (Wildman–Crippen LogP) is 5.17. The van der Waals surface area contributed by atoms with Gasteiger partial charge in [0.25, 0.3) is 0 Å². The van der Waals surface area contributed by atoms with Crippen LogP contribution in [0.3, 0.4) is 0 Å². The Morgan fingerprint density at radius 2 is 2.24 bits per heavy atom. The first kappa shape index (κ1) is 16.1. The van der Waals surface area contributed by atoms with Crippen LogP contribution in [0.25, 0.3) is 11.8 Å². The van der Waals surface area contributed by atoms with Crippen LogP contribution >= 0.6 is 47.6 Å². The number of nitrogens with zero attached hydrogens (tertiary/aromatic N) is 3. The Hall–Kier alpha value is -1.32. The third kappa shape index (κ3) is 4.32. The molecule has 0 radical (unpaired) electrons. The molecule has 1 aromatic carbocycles. The number of aromatic nitrogens is 2. The average molecular weight is 354 g/mol. The van der Waals surface area contributed by atoms with Crippen molar-refractivity contribution in [2.75, 3.05) is 0 Å². The fourth-order valence-electron chi connectivity index (χ4n) is 1.47. The number of nitriles is 1. The number of thioether (sulfide) groups is 1. The van der Waals surface area contributed by atoms with Crippen LogP contribution in [-0.4, -0.2) is 9.55 Å². The van der Waals surface area contributed by atoms with Crippen molar-refractivity contribution in [3.8, 4) is 6.07 Å². The molecule has 0 bridgehead atoms. The molecule has 1 heterocycles. The Kier molecular flexibility index (Phi) is 5.83. The second kappa shape index (κ2) is 7.62. The van der Waals surface area contributed by atoms with Gasteiger partial charge in [-0.25, -0.2) is 4.98 Å². The molecule has 2 rings (SSSR count). The number of hydrogen-bond acceptors (Lipinski definition) is 4. The number of allylic oxidation sites excluding steroid dienone is 1. The standard InChI is InChI=1S/C14H9Cl2N3S2/c15-11-2-1-10(12(16)7-11)3-6-21-14(20)13(8-17)19-5-4-18-9-19/h1-7,9,20H/b6-3+,14-13-. The molecule has 0 unspecified atom stereocenters. The first-order valence-electron chi connectivity index (χ1n) is 5.71. The van der Waals surface area contributed by atoms with Gasteiger partial charge in [-0.1, -0.05) is 41.0 Å². The van der Waals surface area contributed by atoms with Gasteiger partial charge in [-0.3, -0.25) is 4.57 Å². The molecule has 0 atom stereocenters. The van der Waals surface area contributed by atoms with Crippen molar-refractivity contribution in [3.63, 3.8) is 0 Å². The molecule has 0 aliphatic rings. The maximum Gasteiger partial charge on any atom is 0.145 e. The van der Waals surface area contributed by atoms with Gasteiger partial charge in [-0.2, -0.15) is 5.26 Å².